The second-order valence-corrected chi connectivity index (χ2v) is 7.74. The minimum atomic E-state index is -0.262. The topological polar surface area (TPSA) is 38.8 Å². The van der Waals surface area contributed by atoms with Crippen LogP contribution in [0.5, 0.6) is 11.5 Å². The summed E-state index contributed by atoms with van der Waals surface area (Å²) in [6, 6.07) is 12.3. The van der Waals surface area contributed by atoms with E-state index in [9.17, 15) is 9.18 Å². The van der Waals surface area contributed by atoms with Crippen LogP contribution in [-0.4, -0.2) is 30.6 Å². The van der Waals surface area contributed by atoms with Gasteiger partial charge in [-0.1, -0.05) is 18.2 Å². The highest BCUT2D eigenvalue weighted by molar-refractivity contribution is 5.79. The molecule has 2 fully saturated rings. The predicted molar refractivity (Wildman–Crippen MR) is 105 cm³/mol. The normalized spacial score (nSPS) is 20.0. The summed E-state index contributed by atoms with van der Waals surface area (Å²) in [7, 11) is 1.65. The minimum absolute atomic E-state index is 0.128. The third kappa shape index (κ3) is 4.13. The number of hydrogen-bond acceptors (Lipinski definition) is 3. The van der Waals surface area contributed by atoms with Gasteiger partial charge in [-0.25, -0.2) is 4.39 Å². The molecule has 1 atom stereocenters. The van der Waals surface area contributed by atoms with Crippen molar-refractivity contribution >= 4 is 5.91 Å². The van der Waals surface area contributed by atoms with E-state index >= 15 is 0 Å². The Bertz CT molecular complexity index is 830. The number of nitrogens with zero attached hydrogens (tertiary/aromatic N) is 1. The summed E-state index contributed by atoms with van der Waals surface area (Å²) in [5.41, 5.74) is 2.04. The number of amides is 1. The second-order valence-electron chi connectivity index (χ2n) is 7.74. The first-order valence-corrected chi connectivity index (χ1v) is 9.99. The molecule has 1 aliphatic carbocycles. The standard InChI is InChI=1S/C23H26FNO3/c1-27-21-11-8-17(12-22(21)28-20-4-2-3-5-20)18-13-23(26)25(15-18)14-16-6-9-19(24)10-7-16/h6-12,18,20H,2-5,13-15H2,1H3/t18-/m0/s1. The van der Waals surface area contributed by atoms with Crippen molar-refractivity contribution in [3.05, 3.63) is 59.4 Å². The Morgan fingerprint density at radius 3 is 2.54 bits per heavy atom. The number of rotatable bonds is 6. The second kappa shape index (κ2) is 8.21. The Balaban J connectivity index is 1.47. The van der Waals surface area contributed by atoms with Crippen molar-refractivity contribution in [1.82, 2.24) is 4.90 Å². The fourth-order valence-electron chi connectivity index (χ4n) is 4.18. The van der Waals surface area contributed by atoms with Crippen LogP contribution in [0.1, 0.15) is 49.1 Å². The Morgan fingerprint density at radius 2 is 1.82 bits per heavy atom. The highest BCUT2D eigenvalue weighted by Crippen LogP contribution is 2.37. The van der Waals surface area contributed by atoms with Gasteiger partial charge in [0.1, 0.15) is 5.82 Å². The first kappa shape index (κ1) is 18.8. The number of methoxy groups -OCH3 is 1. The zero-order chi connectivity index (χ0) is 19.5. The van der Waals surface area contributed by atoms with E-state index in [-0.39, 0.29) is 23.7 Å². The number of benzene rings is 2. The van der Waals surface area contributed by atoms with Crippen molar-refractivity contribution in [2.24, 2.45) is 0 Å². The van der Waals surface area contributed by atoms with E-state index in [1.165, 1.54) is 25.0 Å². The Labute approximate surface area is 165 Å². The molecule has 4 nitrogen and oxygen atoms in total. The van der Waals surface area contributed by atoms with Crippen molar-refractivity contribution in [2.45, 2.75) is 50.7 Å². The number of carbonyl (C=O) groups excluding carboxylic acids is 1. The highest BCUT2D eigenvalue weighted by atomic mass is 19.1. The maximum absolute atomic E-state index is 13.1. The molecule has 1 saturated heterocycles. The first-order valence-electron chi connectivity index (χ1n) is 9.99. The highest BCUT2D eigenvalue weighted by Gasteiger charge is 2.31. The zero-order valence-electron chi connectivity index (χ0n) is 16.2. The summed E-state index contributed by atoms with van der Waals surface area (Å²) < 4.78 is 24.8. The van der Waals surface area contributed by atoms with Crippen LogP contribution < -0.4 is 9.47 Å². The molecule has 0 bridgehead atoms. The Morgan fingerprint density at radius 1 is 1.07 bits per heavy atom. The van der Waals surface area contributed by atoms with Gasteiger partial charge in [0.05, 0.1) is 13.2 Å². The van der Waals surface area contributed by atoms with E-state index in [0.717, 1.165) is 35.5 Å². The molecule has 1 heterocycles. The Hall–Kier alpha value is -2.56. The summed E-state index contributed by atoms with van der Waals surface area (Å²) in [5, 5.41) is 0. The molecular weight excluding hydrogens is 357 g/mol. The van der Waals surface area contributed by atoms with Gasteiger partial charge in [0.25, 0.3) is 0 Å². The van der Waals surface area contributed by atoms with Crippen LogP contribution in [0.25, 0.3) is 0 Å². The molecule has 0 unspecified atom stereocenters. The maximum Gasteiger partial charge on any atom is 0.223 e. The van der Waals surface area contributed by atoms with Gasteiger partial charge >= 0.3 is 0 Å². The lowest BCUT2D eigenvalue weighted by atomic mass is 9.98. The molecule has 1 aliphatic heterocycles. The van der Waals surface area contributed by atoms with E-state index in [2.05, 4.69) is 0 Å². The summed E-state index contributed by atoms with van der Waals surface area (Å²) in [4.78, 5) is 14.4. The maximum atomic E-state index is 13.1. The lowest BCUT2D eigenvalue weighted by molar-refractivity contribution is -0.128. The third-order valence-electron chi connectivity index (χ3n) is 5.76. The molecular formula is C23H26FNO3. The number of halogens is 1. The number of carbonyl (C=O) groups is 1. The van der Waals surface area contributed by atoms with Gasteiger partial charge in [-0.15, -0.1) is 0 Å². The molecule has 0 aromatic heterocycles. The molecule has 4 rings (SSSR count). The fraction of sp³-hybridized carbons (Fsp3) is 0.435. The zero-order valence-corrected chi connectivity index (χ0v) is 16.2. The third-order valence-corrected chi connectivity index (χ3v) is 5.76. The average molecular weight is 383 g/mol. The monoisotopic (exact) mass is 383 g/mol. The minimum Gasteiger partial charge on any atom is -0.493 e. The van der Waals surface area contributed by atoms with Crippen LogP contribution in [-0.2, 0) is 11.3 Å². The SMILES string of the molecule is COc1ccc([C@H]2CC(=O)N(Cc3ccc(F)cc3)C2)cc1OC1CCCC1. The van der Waals surface area contributed by atoms with Crippen molar-refractivity contribution in [2.75, 3.05) is 13.7 Å². The summed E-state index contributed by atoms with van der Waals surface area (Å²) in [6.07, 6.45) is 5.33. The summed E-state index contributed by atoms with van der Waals surface area (Å²) >= 11 is 0. The molecule has 0 N–H and O–H groups in total. The average Bonchev–Trinajstić information content (AvgIpc) is 3.34. The van der Waals surface area contributed by atoms with Crippen LogP contribution in [0.2, 0.25) is 0 Å². The van der Waals surface area contributed by atoms with E-state index in [0.29, 0.717) is 19.5 Å². The van der Waals surface area contributed by atoms with Gasteiger partial charge in [0.2, 0.25) is 5.91 Å². The van der Waals surface area contributed by atoms with Crippen molar-refractivity contribution in [3.8, 4) is 11.5 Å². The van der Waals surface area contributed by atoms with Gasteiger partial charge < -0.3 is 14.4 Å². The predicted octanol–water partition coefficient (Wildman–Crippen LogP) is 4.67. The number of ether oxygens (including phenoxy) is 2. The molecule has 0 spiro atoms. The summed E-state index contributed by atoms with van der Waals surface area (Å²) in [6.45, 7) is 1.17. The molecule has 2 aliphatic rings. The van der Waals surface area contributed by atoms with Gasteiger partial charge in [0, 0.05) is 25.4 Å². The largest absolute Gasteiger partial charge is 0.493 e. The number of hydrogen-bond donors (Lipinski definition) is 0. The van der Waals surface area contributed by atoms with E-state index in [1.54, 1.807) is 19.2 Å². The van der Waals surface area contributed by atoms with Crippen molar-refractivity contribution in [1.29, 1.82) is 0 Å². The lowest BCUT2D eigenvalue weighted by Gasteiger charge is -2.19. The smallest absolute Gasteiger partial charge is 0.223 e. The molecule has 2 aromatic rings. The first-order chi connectivity index (χ1) is 13.6. The molecule has 148 valence electrons. The van der Waals surface area contributed by atoms with Gasteiger partial charge in [-0.05, 0) is 61.1 Å². The van der Waals surface area contributed by atoms with Gasteiger partial charge in [-0.2, -0.15) is 0 Å². The van der Waals surface area contributed by atoms with Crippen LogP contribution in [0, 0.1) is 5.82 Å². The summed E-state index contributed by atoms with van der Waals surface area (Å²) in [5.74, 6) is 1.51. The van der Waals surface area contributed by atoms with Crippen LogP contribution >= 0.6 is 0 Å². The van der Waals surface area contributed by atoms with Crippen LogP contribution in [0.4, 0.5) is 4.39 Å². The number of likely N-dealkylation sites (tertiary alicyclic amines) is 1. The molecule has 5 heteroatoms. The molecule has 1 amide bonds. The van der Waals surface area contributed by atoms with Crippen molar-refractivity contribution in [3.63, 3.8) is 0 Å². The molecule has 28 heavy (non-hydrogen) atoms. The van der Waals surface area contributed by atoms with Crippen LogP contribution in [0.15, 0.2) is 42.5 Å². The van der Waals surface area contributed by atoms with Gasteiger partial charge in [0.15, 0.2) is 11.5 Å². The quantitative estimate of drug-likeness (QED) is 0.728. The van der Waals surface area contributed by atoms with E-state index in [4.69, 9.17) is 9.47 Å². The molecule has 0 radical (unpaired) electrons. The van der Waals surface area contributed by atoms with E-state index < -0.39 is 0 Å². The lowest BCUT2D eigenvalue weighted by Crippen LogP contribution is -2.24. The fourth-order valence-corrected chi connectivity index (χ4v) is 4.18. The Kier molecular flexibility index (Phi) is 5.51. The van der Waals surface area contributed by atoms with Crippen molar-refractivity contribution < 1.29 is 18.7 Å². The van der Waals surface area contributed by atoms with Crippen LogP contribution in [0.3, 0.4) is 0 Å². The molecule has 2 aromatic carbocycles. The van der Waals surface area contributed by atoms with Gasteiger partial charge in [-0.3, -0.25) is 4.79 Å². The van der Waals surface area contributed by atoms with E-state index in [1.807, 2.05) is 23.1 Å². The molecule has 1 saturated carbocycles.